The van der Waals surface area contributed by atoms with Gasteiger partial charge in [-0.1, -0.05) is 29.8 Å². The van der Waals surface area contributed by atoms with E-state index in [1.165, 1.54) is 0 Å². The molecule has 0 aliphatic carbocycles. The van der Waals surface area contributed by atoms with Gasteiger partial charge < -0.3 is 5.32 Å². The van der Waals surface area contributed by atoms with Crippen LogP contribution in [0, 0.1) is 10.1 Å². The second-order valence-electron chi connectivity index (χ2n) is 4.22. The lowest BCUT2D eigenvalue weighted by Crippen LogP contribution is -2.15. The highest BCUT2D eigenvalue weighted by atomic mass is 35.5. The number of hydrogen-bond donors (Lipinski definition) is 3. The van der Waals surface area contributed by atoms with E-state index >= 15 is 0 Å². The average molecular weight is 309 g/mol. The summed E-state index contributed by atoms with van der Waals surface area (Å²) in [7, 11) is 0. The van der Waals surface area contributed by atoms with Gasteiger partial charge in [0.2, 0.25) is 11.8 Å². The average Bonchev–Trinajstić information content (AvgIpc) is 2.47. The summed E-state index contributed by atoms with van der Waals surface area (Å²) in [5.41, 5.74) is 2.80. The standard InChI is InChI=1S/C12H13ClN6O2/c1-7(8-4-2-3-5-9(8)13)16-11-10(19(20)21)6-15-12(17-11)18-14/h2-7H,14H2,1H3,(H2,15,16,17,18). The van der Waals surface area contributed by atoms with Gasteiger partial charge in [0.15, 0.2) is 0 Å². The van der Waals surface area contributed by atoms with E-state index in [1.54, 1.807) is 6.07 Å². The van der Waals surface area contributed by atoms with Gasteiger partial charge in [-0.25, -0.2) is 10.8 Å². The molecule has 8 nitrogen and oxygen atoms in total. The van der Waals surface area contributed by atoms with Gasteiger partial charge in [-0.15, -0.1) is 0 Å². The van der Waals surface area contributed by atoms with E-state index in [4.69, 9.17) is 17.4 Å². The third kappa shape index (κ3) is 3.36. The Bertz CT molecular complexity index is 666. The number of hydrazine groups is 1. The first-order chi connectivity index (χ1) is 10.0. The van der Waals surface area contributed by atoms with Crippen LogP contribution in [0.1, 0.15) is 18.5 Å². The predicted octanol–water partition coefficient (Wildman–Crippen LogP) is 2.50. The van der Waals surface area contributed by atoms with Crippen LogP contribution >= 0.6 is 11.6 Å². The van der Waals surface area contributed by atoms with Crippen LogP contribution in [-0.4, -0.2) is 14.9 Å². The van der Waals surface area contributed by atoms with Crippen molar-refractivity contribution in [1.82, 2.24) is 9.97 Å². The monoisotopic (exact) mass is 308 g/mol. The lowest BCUT2D eigenvalue weighted by molar-refractivity contribution is -0.384. The molecule has 1 aromatic heterocycles. The highest BCUT2D eigenvalue weighted by Gasteiger charge is 2.20. The number of halogens is 1. The maximum absolute atomic E-state index is 11.0. The van der Waals surface area contributed by atoms with E-state index in [0.29, 0.717) is 5.02 Å². The van der Waals surface area contributed by atoms with E-state index in [0.717, 1.165) is 11.8 Å². The van der Waals surface area contributed by atoms with Gasteiger partial charge in [0.1, 0.15) is 6.20 Å². The van der Waals surface area contributed by atoms with Gasteiger partial charge >= 0.3 is 5.69 Å². The van der Waals surface area contributed by atoms with Crippen LogP contribution in [0.15, 0.2) is 30.5 Å². The zero-order valence-corrected chi connectivity index (χ0v) is 11.8. The summed E-state index contributed by atoms with van der Waals surface area (Å²) in [6.45, 7) is 1.82. The number of nitrogens with zero attached hydrogens (tertiary/aromatic N) is 3. The molecule has 2 rings (SSSR count). The van der Waals surface area contributed by atoms with Gasteiger partial charge in [0.25, 0.3) is 0 Å². The Hall–Kier alpha value is -2.45. The Balaban J connectivity index is 2.34. The van der Waals surface area contributed by atoms with Gasteiger partial charge in [-0.3, -0.25) is 15.5 Å². The third-order valence-corrected chi connectivity index (χ3v) is 3.16. The summed E-state index contributed by atoms with van der Waals surface area (Å²) in [6.07, 6.45) is 1.09. The Morgan fingerprint density at radius 2 is 2.14 bits per heavy atom. The highest BCUT2D eigenvalue weighted by molar-refractivity contribution is 6.31. The molecule has 0 radical (unpaired) electrons. The lowest BCUT2D eigenvalue weighted by atomic mass is 10.1. The molecule has 110 valence electrons. The first-order valence-corrected chi connectivity index (χ1v) is 6.39. The zero-order chi connectivity index (χ0) is 15.4. The fraction of sp³-hybridized carbons (Fsp3) is 0.167. The predicted molar refractivity (Wildman–Crippen MR) is 80.0 cm³/mol. The molecule has 0 bridgehead atoms. The number of benzene rings is 1. The second kappa shape index (κ2) is 6.33. The summed E-state index contributed by atoms with van der Waals surface area (Å²) in [6, 6.07) is 6.94. The smallest absolute Gasteiger partial charge is 0.329 e. The molecule has 1 aromatic carbocycles. The molecule has 2 aromatic rings. The summed E-state index contributed by atoms with van der Waals surface area (Å²) < 4.78 is 0. The molecule has 21 heavy (non-hydrogen) atoms. The molecule has 4 N–H and O–H groups in total. The van der Waals surface area contributed by atoms with Gasteiger partial charge in [-0.05, 0) is 18.6 Å². The maximum Gasteiger partial charge on any atom is 0.329 e. The molecule has 0 saturated heterocycles. The van der Waals surface area contributed by atoms with Crippen molar-refractivity contribution in [3.63, 3.8) is 0 Å². The Labute approximate surface area is 125 Å². The molecule has 9 heteroatoms. The number of nitrogens with two attached hydrogens (primary N) is 1. The molecule has 0 aliphatic heterocycles. The highest BCUT2D eigenvalue weighted by Crippen LogP contribution is 2.29. The van der Waals surface area contributed by atoms with Crippen LogP contribution in [0.3, 0.4) is 0 Å². The van der Waals surface area contributed by atoms with Crippen molar-refractivity contribution >= 4 is 29.1 Å². The van der Waals surface area contributed by atoms with Crippen molar-refractivity contribution in [2.24, 2.45) is 5.84 Å². The van der Waals surface area contributed by atoms with E-state index in [1.807, 2.05) is 25.1 Å². The molecular weight excluding hydrogens is 296 g/mol. The van der Waals surface area contributed by atoms with Crippen molar-refractivity contribution in [3.05, 3.63) is 51.2 Å². The van der Waals surface area contributed by atoms with Crippen LogP contribution in [-0.2, 0) is 0 Å². The van der Waals surface area contributed by atoms with Crippen LogP contribution in [0.5, 0.6) is 0 Å². The fourth-order valence-corrected chi connectivity index (χ4v) is 2.09. The summed E-state index contributed by atoms with van der Waals surface area (Å²) in [5, 5.41) is 14.5. The minimum atomic E-state index is -0.568. The van der Waals surface area contributed by atoms with E-state index in [9.17, 15) is 10.1 Å². The number of aromatic nitrogens is 2. The SMILES string of the molecule is CC(Nc1nc(NN)ncc1[N+](=O)[O-])c1ccccc1Cl. The van der Waals surface area contributed by atoms with Gasteiger partial charge in [-0.2, -0.15) is 4.98 Å². The topological polar surface area (TPSA) is 119 Å². The Kier molecular flexibility index (Phi) is 4.51. The Morgan fingerprint density at radius 3 is 2.76 bits per heavy atom. The Morgan fingerprint density at radius 1 is 1.43 bits per heavy atom. The molecule has 0 fully saturated rings. The lowest BCUT2D eigenvalue weighted by Gasteiger charge is -2.16. The number of nitrogens with one attached hydrogen (secondary N) is 2. The summed E-state index contributed by atoms with van der Waals surface area (Å²) in [5.74, 6) is 5.36. The van der Waals surface area contributed by atoms with E-state index in [-0.39, 0.29) is 23.5 Å². The fourth-order valence-electron chi connectivity index (χ4n) is 1.79. The van der Waals surface area contributed by atoms with Crippen molar-refractivity contribution in [2.75, 3.05) is 10.7 Å². The van der Waals surface area contributed by atoms with Crippen LogP contribution < -0.4 is 16.6 Å². The minimum Gasteiger partial charge on any atom is -0.358 e. The van der Waals surface area contributed by atoms with Crippen molar-refractivity contribution in [1.29, 1.82) is 0 Å². The van der Waals surface area contributed by atoms with Crippen molar-refractivity contribution in [2.45, 2.75) is 13.0 Å². The summed E-state index contributed by atoms with van der Waals surface area (Å²) in [4.78, 5) is 18.1. The number of nitro groups is 1. The second-order valence-corrected chi connectivity index (χ2v) is 4.62. The quantitative estimate of drug-likeness (QED) is 0.441. The first kappa shape index (κ1) is 14.9. The molecule has 0 saturated carbocycles. The molecule has 1 unspecified atom stereocenters. The number of anilines is 2. The van der Waals surface area contributed by atoms with Crippen LogP contribution in [0.4, 0.5) is 17.5 Å². The third-order valence-electron chi connectivity index (χ3n) is 2.82. The minimum absolute atomic E-state index is 0.0652. The first-order valence-electron chi connectivity index (χ1n) is 6.02. The van der Waals surface area contributed by atoms with Gasteiger partial charge in [0, 0.05) is 5.02 Å². The van der Waals surface area contributed by atoms with Crippen LogP contribution in [0.2, 0.25) is 5.02 Å². The largest absolute Gasteiger partial charge is 0.358 e. The molecule has 0 spiro atoms. The van der Waals surface area contributed by atoms with Crippen molar-refractivity contribution < 1.29 is 4.92 Å². The van der Waals surface area contributed by atoms with Crippen molar-refractivity contribution in [3.8, 4) is 0 Å². The molecule has 0 amide bonds. The zero-order valence-electron chi connectivity index (χ0n) is 11.1. The van der Waals surface area contributed by atoms with E-state index < -0.39 is 4.92 Å². The van der Waals surface area contributed by atoms with Gasteiger partial charge in [0.05, 0.1) is 11.0 Å². The molecule has 1 heterocycles. The summed E-state index contributed by atoms with van der Waals surface area (Å²) >= 11 is 6.11. The van der Waals surface area contributed by atoms with Crippen LogP contribution in [0.25, 0.3) is 0 Å². The normalized spacial score (nSPS) is 11.8. The number of nitrogen functional groups attached to an aromatic ring is 1. The van der Waals surface area contributed by atoms with E-state index in [2.05, 4.69) is 20.7 Å². The molecular formula is C12H13ClN6O2. The number of rotatable bonds is 5. The molecule has 1 atom stereocenters. The molecule has 0 aliphatic rings. The number of hydrogen-bond acceptors (Lipinski definition) is 7. The maximum atomic E-state index is 11.0.